The highest BCUT2D eigenvalue weighted by molar-refractivity contribution is 5.79. The monoisotopic (exact) mass is 339 g/mol. The van der Waals surface area contributed by atoms with Crippen molar-refractivity contribution in [3.05, 3.63) is 0 Å². The highest BCUT2D eigenvalue weighted by Crippen LogP contribution is 2.15. The molecule has 2 fully saturated rings. The molecule has 0 aliphatic carbocycles. The fourth-order valence-electron chi connectivity index (χ4n) is 3.62. The van der Waals surface area contributed by atoms with Crippen molar-refractivity contribution in [2.24, 2.45) is 4.99 Å². The number of morpholine rings is 1. The predicted octanol–water partition coefficient (Wildman–Crippen LogP) is 1.14. The number of hydrogen-bond donors (Lipinski definition) is 2. The first kappa shape index (κ1) is 19.5. The van der Waals surface area contributed by atoms with Gasteiger partial charge in [0.15, 0.2) is 5.96 Å². The molecule has 0 radical (unpaired) electrons. The lowest BCUT2D eigenvalue weighted by Gasteiger charge is -2.35. The van der Waals surface area contributed by atoms with Crippen LogP contribution in [-0.2, 0) is 4.74 Å². The van der Waals surface area contributed by atoms with E-state index in [1.165, 1.54) is 25.8 Å². The van der Waals surface area contributed by atoms with Crippen molar-refractivity contribution in [1.29, 1.82) is 0 Å². The maximum absolute atomic E-state index is 5.43. The topological polar surface area (TPSA) is 52.1 Å². The van der Waals surface area contributed by atoms with Crippen molar-refractivity contribution in [3.8, 4) is 0 Å². The molecule has 2 rings (SSSR count). The van der Waals surface area contributed by atoms with E-state index in [4.69, 9.17) is 9.73 Å². The summed E-state index contributed by atoms with van der Waals surface area (Å²) in [7, 11) is 0. The molecule has 2 aliphatic heterocycles. The molecule has 0 aromatic carbocycles. The number of nitrogens with zero attached hydrogens (tertiary/aromatic N) is 3. The Bertz CT molecular complexity index is 370. The molecule has 2 heterocycles. The maximum Gasteiger partial charge on any atom is 0.191 e. The minimum Gasteiger partial charge on any atom is -0.379 e. The van der Waals surface area contributed by atoms with Gasteiger partial charge in [0.2, 0.25) is 0 Å². The Morgan fingerprint density at radius 1 is 1.17 bits per heavy atom. The van der Waals surface area contributed by atoms with E-state index in [0.717, 1.165) is 58.4 Å². The summed E-state index contributed by atoms with van der Waals surface area (Å²) in [6.45, 7) is 15.5. The molecule has 2 unspecified atom stereocenters. The fraction of sp³-hybridized carbons (Fsp3) is 0.944. The van der Waals surface area contributed by atoms with E-state index >= 15 is 0 Å². The molecule has 0 saturated carbocycles. The predicted molar refractivity (Wildman–Crippen MR) is 101 cm³/mol. The second-order valence-corrected chi connectivity index (χ2v) is 6.88. The minimum absolute atomic E-state index is 0.464. The van der Waals surface area contributed by atoms with Crippen molar-refractivity contribution in [3.63, 3.8) is 0 Å². The van der Waals surface area contributed by atoms with E-state index < -0.39 is 0 Å². The molecule has 0 spiro atoms. The molecule has 2 saturated heterocycles. The Hall–Kier alpha value is -0.850. The minimum atomic E-state index is 0.464. The molecular weight excluding hydrogens is 302 g/mol. The molecule has 0 amide bonds. The number of piperidine rings is 1. The van der Waals surface area contributed by atoms with E-state index in [1.807, 2.05) is 0 Å². The molecule has 24 heavy (non-hydrogen) atoms. The Balaban J connectivity index is 1.80. The van der Waals surface area contributed by atoms with Crippen molar-refractivity contribution in [1.82, 2.24) is 20.4 Å². The maximum atomic E-state index is 5.43. The van der Waals surface area contributed by atoms with E-state index in [1.54, 1.807) is 0 Å². The summed E-state index contributed by atoms with van der Waals surface area (Å²) >= 11 is 0. The number of likely N-dealkylation sites (tertiary alicyclic amines) is 1. The van der Waals surface area contributed by atoms with Gasteiger partial charge in [-0.1, -0.05) is 13.3 Å². The first-order valence-corrected chi connectivity index (χ1v) is 9.82. The third-order valence-corrected chi connectivity index (χ3v) is 5.19. The molecule has 2 aliphatic rings. The summed E-state index contributed by atoms with van der Waals surface area (Å²) in [5.41, 5.74) is 0. The standard InChI is InChI=1S/C18H37N5O/c1-4-19-18(20-14-16(3)23-10-12-24-13-11-23)21-15-17-8-6-7-9-22(17)5-2/h16-17H,4-15H2,1-3H3,(H2,19,20,21). The smallest absolute Gasteiger partial charge is 0.191 e. The molecule has 6 nitrogen and oxygen atoms in total. The number of rotatable bonds is 7. The third-order valence-electron chi connectivity index (χ3n) is 5.19. The van der Waals surface area contributed by atoms with Gasteiger partial charge in [0.1, 0.15) is 0 Å². The van der Waals surface area contributed by atoms with E-state index in [0.29, 0.717) is 12.1 Å². The summed E-state index contributed by atoms with van der Waals surface area (Å²) in [6, 6.07) is 1.11. The zero-order valence-corrected chi connectivity index (χ0v) is 15.9. The highest BCUT2D eigenvalue weighted by atomic mass is 16.5. The van der Waals surface area contributed by atoms with Crippen molar-refractivity contribution >= 4 is 5.96 Å². The van der Waals surface area contributed by atoms with Crippen LogP contribution in [0, 0.1) is 0 Å². The Morgan fingerprint density at radius 3 is 2.67 bits per heavy atom. The summed E-state index contributed by atoms with van der Waals surface area (Å²) in [4.78, 5) is 9.88. The van der Waals surface area contributed by atoms with Gasteiger partial charge in [0.05, 0.1) is 19.8 Å². The Morgan fingerprint density at radius 2 is 1.96 bits per heavy atom. The van der Waals surface area contributed by atoms with E-state index in [-0.39, 0.29) is 0 Å². The lowest BCUT2D eigenvalue weighted by atomic mass is 10.0. The van der Waals surface area contributed by atoms with Crippen LogP contribution in [0.25, 0.3) is 0 Å². The van der Waals surface area contributed by atoms with Crippen LogP contribution in [-0.4, -0.2) is 86.9 Å². The molecule has 0 bridgehead atoms. The first-order chi connectivity index (χ1) is 11.7. The number of guanidine groups is 1. The van der Waals surface area contributed by atoms with Gasteiger partial charge in [-0.05, 0) is 39.8 Å². The number of aliphatic imine (C=N–C) groups is 1. The van der Waals surface area contributed by atoms with Gasteiger partial charge in [-0.15, -0.1) is 0 Å². The van der Waals surface area contributed by atoms with Crippen molar-refractivity contribution in [2.45, 2.75) is 52.1 Å². The van der Waals surface area contributed by atoms with E-state index in [2.05, 4.69) is 41.2 Å². The lowest BCUT2D eigenvalue weighted by Crippen LogP contribution is -2.49. The van der Waals surface area contributed by atoms with Gasteiger partial charge >= 0.3 is 0 Å². The first-order valence-electron chi connectivity index (χ1n) is 9.82. The van der Waals surface area contributed by atoms with Crippen molar-refractivity contribution in [2.75, 3.05) is 59.0 Å². The number of nitrogens with one attached hydrogen (secondary N) is 2. The average molecular weight is 340 g/mol. The van der Waals surface area contributed by atoms with Crippen LogP contribution in [0.4, 0.5) is 0 Å². The SMILES string of the molecule is CCNC(=NCC(C)N1CCOCC1)NCC1CCCCN1CC. The van der Waals surface area contributed by atoms with Gasteiger partial charge in [0, 0.05) is 38.3 Å². The summed E-state index contributed by atoms with van der Waals surface area (Å²) in [5, 5.41) is 6.96. The molecule has 0 aromatic heterocycles. The number of ether oxygens (including phenoxy) is 1. The second kappa shape index (κ2) is 10.9. The van der Waals surface area contributed by atoms with Gasteiger partial charge in [-0.3, -0.25) is 14.8 Å². The van der Waals surface area contributed by atoms with Crippen LogP contribution < -0.4 is 10.6 Å². The molecule has 6 heteroatoms. The van der Waals surface area contributed by atoms with Gasteiger partial charge in [0.25, 0.3) is 0 Å². The van der Waals surface area contributed by atoms with Crippen LogP contribution in [0.3, 0.4) is 0 Å². The van der Waals surface area contributed by atoms with Crippen LogP contribution in [0.1, 0.15) is 40.0 Å². The Labute approximate surface area is 148 Å². The summed E-state index contributed by atoms with van der Waals surface area (Å²) < 4.78 is 5.43. The third kappa shape index (κ3) is 6.22. The normalized spacial score (nSPS) is 25.5. The summed E-state index contributed by atoms with van der Waals surface area (Å²) in [5.74, 6) is 0.958. The zero-order valence-electron chi connectivity index (χ0n) is 15.9. The van der Waals surface area contributed by atoms with Crippen LogP contribution in [0.2, 0.25) is 0 Å². The lowest BCUT2D eigenvalue weighted by molar-refractivity contribution is 0.0220. The summed E-state index contributed by atoms with van der Waals surface area (Å²) in [6.07, 6.45) is 3.99. The molecule has 140 valence electrons. The van der Waals surface area contributed by atoms with E-state index in [9.17, 15) is 0 Å². The van der Waals surface area contributed by atoms with Crippen LogP contribution in [0.5, 0.6) is 0 Å². The van der Waals surface area contributed by atoms with Crippen LogP contribution >= 0.6 is 0 Å². The molecule has 2 N–H and O–H groups in total. The van der Waals surface area contributed by atoms with Crippen molar-refractivity contribution < 1.29 is 4.74 Å². The zero-order chi connectivity index (χ0) is 17.2. The quantitative estimate of drug-likeness (QED) is 0.538. The number of likely N-dealkylation sites (N-methyl/N-ethyl adjacent to an activating group) is 1. The van der Waals surface area contributed by atoms with Gasteiger partial charge < -0.3 is 15.4 Å². The molecule has 2 atom stereocenters. The average Bonchev–Trinajstić information content (AvgIpc) is 2.64. The largest absolute Gasteiger partial charge is 0.379 e. The fourth-order valence-corrected chi connectivity index (χ4v) is 3.62. The Kier molecular flexibility index (Phi) is 8.84. The highest BCUT2D eigenvalue weighted by Gasteiger charge is 2.21. The number of hydrogen-bond acceptors (Lipinski definition) is 4. The second-order valence-electron chi connectivity index (χ2n) is 6.88. The molecule has 0 aromatic rings. The molecular formula is C18H37N5O. The van der Waals surface area contributed by atoms with Crippen LogP contribution in [0.15, 0.2) is 4.99 Å². The van der Waals surface area contributed by atoms with Gasteiger partial charge in [-0.2, -0.15) is 0 Å². The van der Waals surface area contributed by atoms with Gasteiger partial charge in [-0.25, -0.2) is 0 Å².